The molecule has 166 valence electrons. The van der Waals surface area contributed by atoms with Gasteiger partial charge < -0.3 is 20.3 Å². The van der Waals surface area contributed by atoms with Gasteiger partial charge in [-0.2, -0.15) is 0 Å². The Balaban J connectivity index is 1.91. The van der Waals surface area contributed by atoms with Crippen LogP contribution in [0, 0.1) is 5.82 Å². The predicted molar refractivity (Wildman–Crippen MR) is 111 cm³/mol. The quantitative estimate of drug-likeness (QED) is 0.710. The second-order valence-electron chi connectivity index (χ2n) is 8.36. The normalized spacial score (nSPS) is 16.1. The number of nitrogens with zero attached hydrogens (tertiary/aromatic N) is 1. The van der Waals surface area contributed by atoms with E-state index < -0.39 is 35.8 Å². The number of fused-ring (bicyclic) bond motifs is 1. The van der Waals surface area contributed by atoms with Crippen LogP contribution in [0.4, 0.5) is 29.3 Å². The van der Waals surface area contributed by atoms with Crippen molar-refractivity contribution in [3.63, 3.8) is 0 Å². The molecule has 1 atom stereocenters. The summed E-state index contributed by atoms with van der Waals surface area (Å²) in [4.78, 5) is 26.1. The van der Waals surface area contributed by atoms with Gasteiger partial charge in [0.15, 0.2) is 6.10 Å². The second kappa shape index (κ2) is 8.49. The molecule has 0 fully saturated rings. The van der Waals surface area contributed by atoms with E-state index in [1.165, 1.54) is 36.1 Å². The van der Waals surface area contributed by atoms with Crippen LogP contribution in [0.2, 0.25) is 0 Å². The Kier molecular flexibility index (Phi) is 6.15. The highest BCUT2D eigenvalue weighted by Crippen LogP contribution is 2.39. The number of amides is 3. The maximum absolute atomic E-state index is 14.7. The Hall–Kier alpha value is -3.23. The molecular formula is C22H24F3N3O3. The Bertz CT molecular complexity index is 1010. The largest absolute Gasteiger partial charge is 0.479 e. The molecule has 2 aromatic rings. The average molecular weight is 435 g/mol. The number of carbonyl (C=O) groups is 2. The number of carbonyl (C=O) groups excluding carboxylic acids is 2. The van der Waals surface area contributed by atoms with E-state index in [1.807, 2.05) is 0 Å². The van der Waals surface area contributed by atoms with Crippen molar-refractivity contribution in [2.24, 2.45) is 0 Å². The van der Waals surface area contributed by atoms with Gasteiger partial charge in [-0.25, -0.2) is 18.0 Å². The summed E-state index contributed by atoms with van der Waals surface area (Å²) in [6.45, 7) is 6.86. The van der Waals surface area contributed by atoms with Crippen LogP contribution in [0.25, 0.3) is 0 Å². The Morgan fingerprint density at radius 1 is 1.23 bits per heavy atom. The zero-order valence-corrected chi connectivity index (χ0v) is 17.6. The lowest BCUT2D eigenvalue weighted by molar-refractivity contribution is -0.125. The number of nitrogens with one attached hydrogen (secondary N) is 2. The SMILES string of the molecule is C[C@H]1Oc2cc(NC(=O)NC(C)(C)C)c(F)cc2N(Cc2cccc(C(F)F)c2)C1=O. The Morgan fingerprint density at radius 3 is 2.58 bits per heavy atom. The van der Waals surface area contributed by atoms with Crippen molar-refractivity contribution in [1.82, 2.24) is 5.32 Å². The van der Waals surface area contributed by atoms with E-state index in [1.54, 1.807) is 26.8 Å². The summed E-state index contributed by atoms with van der Waals surface area (Å²) in [6.07, 6.45) is -3.51. The molecule has 0 bridgehead atoms. The molecule has 1 aliphatic heterocycles. The number of ether oxygens (including phenoxy) is 1. The van der Waals surface area contributed by atoms with Gasteiger partial charge in [0.05, 0.1) is 17.9 Å². The van der Waals surface area contributed by atoms with Crippen LogP contribution in [0.1, 0.15) is 45.2 Å². The first kappa shape index (κ1) is 22.5. The molecule has 1 heterocycles. The van der Waals surface area contributed by atoms with Gasteiger partial charge in [0.25, 0.3) is 12.3 Å². The molecule has 0 saturated carbocycles. The van der Waals surface area contributed by atoms with Crippen LogP contribution >= 0.6 is 0 Å². The van der Waals surface area contributed by atoms with E-state index in [2.05, 4.69) is 10.6 Å². The van der Waals surface area contributed by atoms with Gasteiger partial charge in [0.2, 0.25) is 0 Å². The molecule has 9 heteroatoms. The minimum absolute atomic E-state index is 0.0309. The third kappa shape index (κ3) is 5.28. The molecule has 0 aliphatic carbocycles. The van der Waals surface area contributed by atoms with Gasteiger partial charge in [-0.05, 0) is 39.3 Å². The first-order valence-corrected chi connectivity index (χ1v) is 9.72. The molecule has 0 unspecified atom stereocenters. The van der Waals surface area contributed by atoms with E-state index in [4.69, 9.17) is 4.74 Å². The highest BCUT2D eigenvalue weighted by molar-refractivity contribution is 6.00. The van der Waals surface area contributed by atoms with Crippen molar-refractivity contribution >= 4 is 23.3 Å². The van der Waals surface area contributed by atoms with Crippen molar-refractivity contribution in [3.8, 4) is 5.75 Å². The summed E-state index contributed by atoms with van der Waals surface area (Å²) in [5.74, 6) is -0.995. The Labute approximate surface area is 178 Å². The maximum atomic E-state index is 14.7. The number of alkyl halides is 2. The smallest absolute Gasteiger partial charge is 0.319 e. The molecule has 0 saturated heterocycles. The lowest BCUT2D eigenvalue weighted by Crippen LogP contribution is -2.44. The molecule has 6 nitrogen and oxygen atoms in total. The van der Waals surface area contributed by atoms with E-state index in [9.17, 15) is 22.8 Å². The van der Waals surface area contributed by atoms with Gasteiger partial charge in [0.1, 0.15) is 11.6 Å². The minimum atomic E-state index is -2.64. The zero-order chi connectivity index (χ0) is 22.9. The molecule has 1 aliphatic rings. The predicted octanol–water partition coefficient (Wildman–Crippen LogP) is 5.00. The van der Waals surface area contributed by atoms with Crippen molar-refractivity contribution < 1.29 is 27.5 Å². The average Bonchev–Trinajstić information content (AvgIpc) is 2.65. The summed E-state index contributed by atoms with van der Waals surface area (Å²) < 4.78 is 46.4. The summed E-state index contributed by atoms with van der Waals surface area (Å²) in [7, 11) is 0. The number of urea groups is 1. The van der Waals surface area contributed by atoms with Crippen LogP contribution < -0.4 is 20.3 Å². The maximum Gasteiger partial charge on any atom is 0.319 e. The number of rotatable bonds is 4. The zero-order valence-electron chi connectivity index (χ0n) is 17.6. The van der Waals surface area contributed by atoms with Crippen molar-refractivity contribution in [2.45, 2.75) is 52.3 Å². The van der Waals surface area contributed by atoms with Gasteiger partial charge in [0, 0.05) is 23.2 Å². The molecule has 0 radical (unpaired) electrons. The van der Waals surface area contributed by atoms with Crippen molar-refractivity contribution in [3.05, 3.63) is 53.3 Å². The number of hydrogen-bond donors (Lipinski definition) is 2. The minimum Gasteiger partial charge on any atom is -0.479 e. The number of hydrogen-bond acceptors (Lipinski definition) is 3. The number of anilines is 2. The third-order valence-corrected chi connectivity index (χ3v) is 4.54. The fourth-order valence-electron chi connectivity index (χ4n) is 3.19. The topological polar surface area (TPSA) is 70.7 Å². The highest BCUT2D eigenvalue weighted by Gasteiger charge is 2.33. The van der Waals surface area contributed by atoms with Crippen LogP contribution in [0.5, 0.6) is 5.75 Å². The first-order chi connectivity index (χ1) is 14.4. The second-order valence-corrected chi connectivity index (χ2v) is 8.36. The standard InChI is InChI=1S/C22H24F3N3O3/c1-12-20(29)28(11-13-6-5-7-14(8-13)19(24)25)17-9-15(23)16(10-18(17)31-12)26-21(30)27-22(2,3)4/h5-10,12,19H,11H2,1-4H3,(H2,26,27,30)/t12-/m1/s1. The van der Waals surface area contributed by atoms with Gasteiger partial charge in [-0.15, -0.1) is 0 Å². The van der Waals surface area contributed by atoms with Gasteiger partial charge >= 0.3 is 6.03 Å². The molecule has 0 aromatic heterocycles. The molecule has 2 N–H and O–H groups in total. The van der Waals surface area contributed by atoms with Crippen LogP contribution in [0.3, 0.4) is 0 Å². The highest BCUT2D eigenvalue weighted by atomic mass is 19.3. The molecule has 2 aromatic carbocycles. The number of benzene rings is 2. The monoisotopic (exact) mass is 435 g/mol. The molecular weight excluding hydrogens is 411 g/mol. The van der Waals surface area contributed by atoms with E-state index in [0.29, 0.717) is 5.56 Å². The first-order valence-electron chi connectivity index (χ1n) is 9.72. The summed E-state index contributed by atoms with van der Waals surface area (Å²) in [6, 6.07) is 7.50. The van der Waals surface area contributed by atoms with E-state index in [0.717, 1.165) is 6.07 Å². The lowest BCUT2D eigenvalue weighted by Gasteiger charge is -2.33. The van der Waals surface area contributed by atoms with Crippen molar-refractivity contribution in [2.75, 3.05) is 10.2 Å². The van der Waals surface area contributed by atoms with Crippen LogP contribution in [-0.2, 0) is 11.3 Å². The van der Waals surface area contributed by atoms with Crippen LogP contribution in [0.15, 0.2) is 36.4 Å². The molecule has 0 spiro atoms. The molecule has 3 amide bonds. The van der Waals surface area contributed by atoms with Gasteiger partial charge in [-0.1, -0.05) is 18.2 Å². The molecule has 3 rings (SSSR count). The fourth-order valence-corrected chi connectivity index (χ4v) is 3.19. The molecule has 31 heavy (non-hydrogen) atoms. The summed E-state index contributed by atoms with van der Waals surface area (Å²) in [5.41, 5.74) is -0.164. The summed E-state index contributed by atoms with van der Waals surface area (Å²) >= 11 is 0. The fraction of sp³-hybridized carbons (Fsp3) is 0.364. The van der Waals surface area contributed by atoms with Crippen molar-refractivity contribution in [1.29, 1.82) is 0 Å². The van der Waals surface area contributed by atoms with Crippen LogP contribution in [-0.4, -0.2) is 23.6 Å². The summed E-state index contributed by atoms with van der Waals surface area (Å²) in [5, 5.41) is 5.10. The van der Waals surface area contributed by atoms with E-state index >= 15 is 0 Å². The lowest BCUT2D eigenvalue weighted by atomic mass is 10.1. The van der Waals surface area contributed by atoms with E-state index in [-0.39, 0.29) is 29.2 Å². The third-order valence-electron chi connectivity index (χ3n) is 4.54. The van der Waals surface area contributed by atoms with Gasteiger partial charge in [-0.3, -0.25) is 4.79 Å². The number of halogens is 3. The Morgan fingerprint density at radius 2 is 1.94 bits per heavy atom.